The predicted octanol–water partition coefficient (Wildman–Crippen LogP) is 3.32. The van der Waals surface area contributed by atoms with Gasteiger partial charge in [0.1, 0.15) is 11.5 Å². The van der Waals surface area contributed by atoms with Crippen molar-refractivity contribution in [1.29, 1.82) is 0 Å². The summed E-state index contributed by atoms with van der Waals surface area (Å²) in [6.45, 7) is 2.63. The number of nitrogens with one attached hydrogen (secondary N) is 1. The van der Waals surface area contributed by atoms with Gasteiger partial charge in [0.15, 0.2) is 0 Å². The summed E-state index contributed by atoms with van der Waals surface area (Å²) in [5.41, 5.74) is 3.13. The molecule has 0 atom stereocenters. The van der Waals surface area contributed by atoms with Crippen molar-refractivity contribution >= 4 is 5.69 Å². The smallest absolute Gasteiger partial charge is 0.127 e. The Bertz CT molecular complexity index is 524. The van der Waals surface area contributed by atoms with Crippen molar-refractivity contribution in [3.05, 3.63) is 53.6 Å². The number of phenolic OH excluding ortho intramolecular Hbond substituents is 1. The number of aromatic hydroxyl groups is 1. The molecule has 0 fully saturated rings. The van der Waals surface area contributed by atoms with Crippen LogP contribution in [-0.2, 0) is 6.54 Å². The Hall–Kier alpha value is -2.16. The molecule has 0 aliphatic carbocycles. The van der Waals surface area contributed by atoms with Gasteiger partial charge in [0.2, 0.25) is 0 Å². The van der Waals surface area contributed by atoms with E-state index in [9.17, 15) is 5.11 Å². The van der Waals surface area contributed by atoms with Crippen LogP contribution >= 0.6 is 0 Å². The quantitative estimate of drug-likeness (QED) is 0.865. The zero-order chi connectivity index (χ0) is 13.0. The molecule has 0 saturated heterocycles. The number of rotatable bonds is 4. The van der Waals surface area contributed by atoms with Crippen molar-refractivity contribution in [3.8, 4) is 11.5 Å². The summed E-state index contributed by atoms with van der Waals surface area (Å²) in [5, 5.41) is 12.9. The lowest BCUT2D eigenvalue weighted by atomic mass is 10.1. The van der Waals surface area contributed by atoms with Gasteiger partial charge in [0.25, 0.3) is 0 Å². The maximum absolute atomic E-state index is 9.53. The van der Waals surface area contributed by atoms with Crippen LogP contribution in [0.25, 0.3) is 0 Å². The van der Waals surface area contributed by atoms with Gasteiger partial charge in [-0.3, -0.25) is 0 Å². The van der Waals surface area contributed by atoms with E-state index in [-0.39, 0.29) is 5.75 Å². The average Bonchev–Trinajstić information content (AvgIpc) is 2.38. The second-order valence-corrected chi connectivity index (χ2v) is 4.16. The third kappa shape index (κ3) is 2.74. The summed E-state index contributed by atoms with van der Waals surface area (Å²) >= 11 is 0. The molecule has 0 aliphatic rings. The zero-order valence-electron chi connectivity index (χ0n) is 10.6. The van der Waals surface area contributed by atoms with Gasteiger partial charge < -0.3 is 15.2 Å². The molecular weight excluding hydrogens is 226 g/mol. The molecule has 0 radical (unpaired) electrons. The third-order valence-corrected chi connectivity index (χ3v) is 2.88. The Morgan fingerprint density at radius 1 is 1.17 bits per heavy atom. The van der Waals surface area contributed by atoms with Gasteiger partial charge in [0, 0.05) is 23.9 Å². The highest BCUT2D eigenvalue weighted by Gasteiger charge is 2.08. The van der Waals surface area contributed by atoms with E-state index in [0.29, 0.717) is 12.3 Å². The van der Waals surface area contributed by atoms with Crippen LogP contribution in [0.3, 0.4) is 0 Å². The van der Waals surface area contributed by atoms with Gasteiger partial charge in [-0.15, -0.1) is 0 Å². The molecule has 0 aliphatic heterocycles. The Morgan fingerprint density at radius 2 is 1.89 bits per heavy atom. The molecule has 0 amide bonds. The number of anilines is 1. The van der Waals surface area contributed by atoms with E-state index in [1.54, 1.807) is 19.2 Å². The fourth-order valence-corrected chi connectivity index (χ4v) is 1.92. The first kappa shape index (κ1) is 12.3. The minimum atomic E-state index is 0.229. The number of aryl methyl sites for hydroxylation is 1. The fourth-order valence-electron chi connectivity index (χ4n) is 1.92. The van der Waals surface area contributed by atoms with Crippen molar-refractivity contribution in [2.24, 2.45) is 0 Å². The topological polar surface area (TPSA) is 41.5 Å². The maximum Gasteiger partial charge on any atom is 0.127 e. The van der Waals surface area contributed by atoms with Crippen LogP contribution in [0, 0.1) is 6.92 Å². The second-order valence-electron chi connectivity index (χ2n) is 4.16. The van der Waals surface area contributed by atoms with Gasteiger partial charge in [-0.25, -0.2) is 0 Å². The Morgan fingerprint density at radius 3 is 2.56 bits per heavy atom. The van der Waals surface area contributed by atoms with E-state index in [0.717, 1.165) is 16.8 Å². The first-order valence-corrected chi connectivity index (χ1v) is 5.86. The van der Waals surface area contributed by atoms with E-state index >= 15 is 0 Å². The van der Waals surface area contributed by atoms with E-state index in [1.807, 2.05) is 37.3 Å². The fraction of sp³-hybridized carbons (Fsp3) is 0.200. The SMILES string of the molecule is COc1cc(O)cc(C)c1CNc1ccccc1. The minimum absolute atomic E-state index is 0.229. The first-order valence-electron chi connectivity index (χ1n) is 5.86. The molecular formula is C15H17NO2. The molecule has 0 spiro atoms. The highest BCUT2D eigenvalue weighted by molar-refractivity contribution is 5.49. The molecule has 0 heterocycles. The van der Waals surface area contributed by atoms with Crippen molar-refractivity contribution in [2.75, 3.05) is 12.4 Å². The summed E-state index contributed by atoms with van der Waals surface area (Å²) in [4.78, 5) is 0. The molecule has 0 saturated carbocycles. The first-order chi connectivity index (χ1) is 8.70. The summed E-state index contributed by atoms with van der Waals surface area (Å²) in [7, 11) is 1.61. The van der Waals surface area contributed by atoms with Crippen LogP contribution in [0.4, 0.5) is 5.69 Å². The Balaban J connectivity index is 2.19. The predicted molar refractivity (Wildman–Crippen MR) is 73.2 cm³/mol. The van der Waals surface area contributed by atoms with Crippen LogP contribution in [-0.4, -0.2) is 12.2 Å². The van der Waals surface area contributed by atoms with E-state index in [4.69, 9.17) is 4.74 Å². The van der Waals surface area contributed by atoms with Crippen LogP contribution in [0.5, 0.6) is 11.5 Å². The molecule has 2 N–H and O–H groups in total. The number of ether oxygens (including phenoxy) is 1. The lowest BCUT2D eigenvalue weighted by Gasteiger charge is -2.14. The zero-order valence-corrected chi connectivity index (χ0v) is 10.6. The molecule has 0 bridgehead atoms. The summed E-state index contributed by atoms with van der Waals surface area (Å²) in [6, 6.07) is 13.4. The molecule has 3 nitrogen and oxygen atoms in total. The normalized spacial score (nSPS) is 10.1. The molecule has 2 aromatic carbocycles. The average molecular weight is 243 g/mol. The van der Waals surface area contributed by atoms with E-state index in [1.165, 1.54) is 0 Å². The van der Waals surface area contributed by atoms with Crippen molar-refractivity contribution in [3.63, 3.8) is 0 Å². The number of hydrogen-bond acceptors (Lipinski definition) is 3. The minimum Gasteiger partial charge on any atom is -0.508 e. The molecule has 94 valence electrons. The highest BCUT2D eigenvalue weighted by atomic mass is 16.5. The van der Waals surface area contributed by atoms with Crippen LogP contribution < -0.4 is 10.1 Å². The van der Waals surface area contributed by atoms with Crippen molar-refractivity contribution < 1.29 is 9.84 Å². The largest absolute Gasteiger partial charge is 0.508 e. The van der Waals surface area contributed by atoms with Crippen molar-refractivity contribution in [1.82, 2.24) is 0 Å². The number of phenols is 1. The van der Waals surface area contributed by atoms with Gasteiger partial charge in [-0.1, -0.05) is 18.2 Å². The molecule has 0 unspecified atom stereocenters. The van der Waals surface area contributed by atoms with Gasteiger partial charge >= 0.3 is 0 Å². The molecule has 2 aromatic rings. The van der Waals surface area contributed by atoms with Gasteiger partial charge in [-0.05, 0) is 30.7 Å². The molecule has 2 rings (SSSR count). The number of benzene rings is 2. The van der Waals surface area contributed by atoms with Crippen LogP contribution in [0.2, 0.25) is 0 Å². The summed E-state index contributed by atoms with van der Waals surface area (Å²) < 4.78 is 5.30. The van der Waals surface area contributed by atoms with Crippen molar-refractivity contribution in [2.45, 2.75) is 13.5 Å². The number of hydrogen-bond donors (Lipinski definition) is 2. The Labute approximate surface area is 107 Å². The van der Waals surface area contributed by atoms with Gasteiger partial charge in [0.05, 0.1) is 7.11 Å². The molecule has 3 heteroatoms. The van der Waals surface area contributed by atoms with E-state index in [2.05, 4.69) is 5.32 Å². The summed E-state index contributed by atoms with van der Waals surface area (Å²) in [6.07, 6.45) is 0. The lowest BCUT2D eigenvalue weighted by Crippen LogP contribution is -2.03. The standard InChI is InChI=1S/C15H17NO2/c1-11-8-13(17)9-15(18-2)14(11)10-16-12-6-4-3-5-7-12/h3-9,16-17H,10H2,1-2H3. The number of methoxy groups -OCH3 is 1. The molecule has 0 aromatic heterocycles. The highest BCUT2D eigenvalue weighted by Crippen LogP contribution is 2.28. The summed E-state index contributed by atoms with van der Waals surface area (Å²) in [5.74, 6) is 0.934. The lowest BCUT2D eigenvalue weighted by molar-refractivity contribution is 0.402. The van der Waals surface area contributed by atoms with Crippen LogP contribution in [0.15, 0.2) is 42.5 Å². The number of para-hydroxylation sites is 1. The third-order valence-electron chi connectivity index (χ3n) is 2.88. The maximum atomic E-state index is 9.53. The van der Waals surface area contributed by atoms with E-state index < -0.39 is 0 Å². The second kappa shape index (κ2) is 5.45. The Kier molecular flexibility index (Phi) is 3.72. The monoisotopic (exact) mass is 243 g/mol. The van der Waals surface area contributed by atoms with Gasteiger partial charge in [-0.2, -0.15) is 0 Å². The molecule has 18 heavy (non-hydrogen) atoms. The van der Waals surface area contributed by atoms with Crippen LogP contribution in [0.1, 0.15) is 11.1 Å².